The second kappa shape index (κ2) is 7.45. The van der Waals surface area contributed by atoms with E-state index < -0.39 is 9.84 Å². The van der Waals surface area contributed by atoms with Crippen LogP contribution in [0.5, 0.6) is 0 Å². The van der Waals surface area contributed by atoms with Crippen molar-refractivity contribution in [2.45, 2.75) is 19.0 Å². The highest BCUT2D eigenvalue weighted by Gasteiger charge is 2.34. The molecule has 1 aromatic carbocycles. The average Bonchev–Trinajstić information content (AvgIpc) is 3.21. The fourth-order valence-corrected chi connectivity index (χ4v) is 4.69. The molecule has 1 saturated heterocycles. The number of hydrogen-bond donors (Lipinski definition) is 0. The van der Waals surface area contributed by atoms with Crippen molar-refractivity contribution in [2.24, 2.45) is 0 Å². The van der Waals surface area contributed by atoms with Crippen LogP contribution in [0.4, 0.5) is 0 Å². The number of benzene rings is 1. The molecule has 0 radical (unpaired) electrons. The summed E-state index contributed by atoms with van der Waals surface area (Å²) in [6.07, 6.45) is 4.98. The van der Waals surface area contributed by atoms with Gasteiger partial charge in [-0.25, -0.2) is 8.42 Å². The van der Waals surface area contributed by atoms with Crippen LogP contribution in [-0.4, -0.2) is 36.8 Å². The molecule has 0 unspecified atom stereocenters. The molecule has 2 aromatic rings. The fraction of sp³-hybridized carbons (Fsp3) is 0.278. The number of halogens is 1. The molecule has 0 aliphatic carbocycles. The number of rotatable bonds is 5. The Hall–Kier alpha value is -2.05. The zero-order chi connectivity index (χ0) is 17.9. The van der Waals surface area contributed by atoms with Crippen molar-refractivity contribution in [2.75, 3.05) is 11.5 Å². The molecular formula is C18H18ClNO4S. The van der Waals surface area contributed by atoms with Gasteiger partial charge in [0.25, 0.3) is 0 Å². The lowest BCUT2D eigenvalue weighted by Gasteiger charge is -2.27. The highest BCUT2D eigenvalue weighted by molar-refractivity contribution is 7.91. The Labute approximate surface area is 151 Å². The molecule has 1 amide bonds. The van der Waals surface area contributed by atoms with Crippen LogP contribution in [0.1, 0.15) is 17.7 Å². The van der Waals surface area contributed by atoms with Crippen LogP contribution in [0.3, 0.4) is 0 Å². The van der Waals surface area contributed by atoms with Crippen LogP contribution >= 0.6 is 11.6 Å². The zero-order valence-electron chi connectivity index (χ0n) is 13.5. The maximum absolute atomic E-state index is 12.7. The van der Waals surface area contributed by atoms with E-state index in [1.165, 1.54) is 12.3 Å². The third kappa shape index (κ3) is 4.74. The second-order valence-electron chi connectivity index (χ2n) is 6.00. The summed E-state index contributed by atoms with van der Waals surface area (Å²) >= 11 is 5.90. The van der Waals surface area contributed by atoms with E-state index in [9.17, 15) is 13.2 Å². The minimum atomic E-state index is -3.09. The SMILES string of the molecule is O=C(/C=C/c1ccco1)N(Cc1ccc(Cl)cc1)[C@@H]1CCS(=O)(=O)C1. The molecule has 1 aliphatic heterocycles. The van der Waals surface area contributed by atoms with Crippen LogP contribution in [0.25, 0.3) is 6.08 Å². The summed E-state index contributed by atoms with van der Waals surface area (Å²) in [7, 11) is -3.09. The van der Waals surface area contributed by atoms with E-state index in [-0.39, 0.29) is 23.5 Å². The predicted molar refractivity (Wildman–Crippen MR) is 96.8 cm³/mol. The quantitative estimate of drug-likeness (QED) is 0.748. The smallest absolute Gasteiger partial charge is 0.247 e. The van der Waals surface area contributed by atoms with Gasteiger partial charge in [0.2, 0.25) is 5.91 Å². The molecular weight excluding hydrogens is 362 g/mol. The Balaban J connectivity index is 1.80. The van der Waals surface area contributed by atoms with Crippen LogP contribution in [0.2, 0.25) is 5.02 Å². The van der Waals surface area contributed by atoms with Gasteiger partial charge in [-0.1, -0.05) is 23.7 Å². The lowest BCUT2D eigenvalue weighted by Crippen LogP contribution is -2.39. The van der Waals surface area contributed by atoms with Crippen molar-refractivity contribution in [3.63, 3.8) is 0 Å². The van der Waals surface area contributed by atoms with E-state index in [0.717, 1.165) is 5.56 Å². The van der Waals surface area contributed by atoms with Crippen molar-refractivity contribution in [1.82, 2.24) is 4.90 Å². The molecule has 2 heterocycles. The Bertz CT molecular complexity index is 857. The van der Waals surface area contributed by atoms with Gasteiger partial charge in [0, 0.05) is 23.7 Å². The minimum absolute atomic E-state index is 0.000914. The lowest BCUT2D eigenvalue weighted by atomic mass is 10.1. The molecule has 0 spiro atoms. The summed E-state index contributed by atoms with van der Waals surface area (Å²) in [5.41, 5.74) is 0.897. The zero-order valence-corrected chi connectivity index (χ0v) is 15.0. The van der Waals surface area contributed by atoms with E-state index >= 15 is 0 Å². The lowest BCUT2D eigenvalue weighted by molar-refractivity contribution is -0.128. The number of carbonyl (C=O) groups excluding carboxylic acids is 1. The first-order chi connectivity index (χ1) is 11.9. The van der Waals surface area contributed by atoms with Crippen molar-refractivity contribution >= 4 is 33.4 Å². The van der Waals surface area contributed by atoms with Crippen molar-refractivity contribution in [3.05, 3.63) is 65.1 Å². The number of hydrogen-bond acceptors (Lipinski definition) is 4. The molecule has 1 aliphatic rings. The van der Waals surface area contributed by atoms with Gasteiger partial charge in [-0.3, -0.25) is 4.79 Å². The van der Waals surface area contributed by atoms with E-state index in [4.69, 9.17) is 16.0 Å². The third-order valence-electron chi connectivity index (χ3n) is 4.13. The summed E-state index contributed by atoms with van der Waals surface area (Å²) in [6.45, 7) is 0.332. The topological polar surface area (TPSA) is 67.6 Å². The molecule has 1 aromatic heterocycles. The first-order valence-electron chi connectivity index (χ1n) is 7.90. The van der Waals surface area contributed by atoms with Gasteiger partial charge in [-0.15, -0.1) is 0 Å². The van der Waals surface area contributed by atoms with Gasteiger partial charge in [-0.2, -0.15) is 0 Å². The van der Waals surface area contributed by atoms with Gasteiger partial charge in [0.05, 0.1) is 17.8 Å². The normalized spacial score (nSPS) is 19.3. The van der Waals surface area contributed by atoms with Crippen molar-refractivity contribution in [1.29, 1.82) is 0 Å². The minimum Gasteiger partial charge on any atom is -0.465 e. The fourth-order valence-electron chi connectivity index (χ4n) is 2.83. The number of amides is 1. The number of furan rings is 1. The molecule has 25 heavy (non-hydrogen) atoms. The molecule has 1 fully saturated rings. The van der Waals surface area contributed by atoms with Gasteiger partial charge in [0.1, 0.15) is 5.76 Å². The molecule has 3 rings (SSSR count). The van der Waals surface area contributed by atoms with Crippen molar-refractivity contribution in [3.8, 4) is 0 Å². The van der Waals surface area contributed by atoms with Crippen molar-refractivity contribution < 1.29 is 17.6 Å². The Morgan fingerprint density at radius 1 is 1.28 bits per heavy atom. The van der Waals surface area contributed by atoms with Gasteiger partial charge in [-0.05, 0) is 42.3 Å². The number of carbonyl (C=O) groups is 1. The third-order valence-corrected chi connectivity index (χ3v) is 6.13. The molecule has 0 saturated carbocycles. The first-order valence-corrected chi connectivity index (χ1v) is 10.1. The Kier molecular flexibility index (Phi) is 5.30. The average molecular weight is 380 g/mol. The standard InChI is InChI=1S/C18H18ClNO4S/c19-15-5-3-14(4-6-15)12-20(16-9-11-25(22,23)13-16)18(21)8-7-17-2-1-10-24-17/h1-8,10,16H,9,11-13H2/b8-7+/t16-/m1/s1. The molecule has 5 nitrogen and oxygen atoms in total. The highest BCUT2D eigenvalue weighted by Crippen LogP contribution is 2.21. The number of sulfone groups is 1. The van der Waals surface area contributed by atoms with Gasteiger partial charge in [0.15, 0.2) is 9.84 Å². The summed E-state index contributed by atoms with van der Waals surface area (Å²) < 4.78 is 28.8. The van der Waals surface area contributed by atoms with E-state index in [0.29, 0.717) is 23.7 Å². The summed E-state index contributed by atoms with van der Waals surface area (Å²) in [5, 5.41) is 0.614. The van der Waals surface area contributed by atoms with Crippen LogP contribution in [0.15, 0.2) is 53.2 Å². The first kappa shape index (κ1) is 17.8. The maximum atomic E-state index is 12.7. The largest absolute Gasteiger partial charge is 0.465 e. The van der Waals surface area contributed by atoms with Crippen LogP contribution in [0, 0.1) is 0 Å². The number of nitrogens with zero attached hydrogens (tertiary/aromatic N) is 1. The molecule has 0 N–H and O–H groups in total. The van der Waals surface area contributed by atoms with E-state index in [1.54, 1.807) is 35.2 Å². The molecule has 7 heteroatoms. The molecule has 132 valence electrons. The second-order valence-corrected chi connectivity index (χ2v) is 8.66. The highest BCUT2D eigenvalue weighted by atomic mass is 35.5. The predicted octanol–water partition coefficient (Wildman–Crippen LogP) is 3.16. The maximum Gasteiger partial charge on any atom is 0.247 e. The van der Waals surface area contributed by atoms with Crippen LogP contribution < -0.4 is 0 Å². The Morgan fingerprint density at radius 2 is 2.04 bits per heavy atom. The van der Waals surface area contributed by atoms with Crippen LogP contribution in [-0.2, 0) is 21.2 Å². The monoisotopic (exact) mass is 379 g/mol. The van der Waals surface area contributed by atoms with Gasteiger partial charge >= 0.3 is 0 Å². The Morgan fingerprint density at radius 3 is 2.64 bits per heavy atom. The van der Waals surface area contributed by atoms with Gasteiger partial charge < -0.3 is 9.32 Å². The molecule has 1 atom stereocenters. The molecule has 0 bridgehead atoms. The van der Waals surface area contributed by atoms with E-state index in [1.807, 2.05) is 12.1 Å². The summed E-state index contributed by atoms with van der Waals surface area (Å²) in [6, 6.07) is 10.3. The summed E-state index contributed by atoms with van der Waals surface area (Å²) in [4.78, 5) is 14.3. The summed E-state index contributed by atoms with van der Waals surface area (Å²) in [5.74, 6) is 0.442. The van der Waals surface area contributed by atoms with E-state index in [2.05, 4.69) is 0 Å².